The Labute approximate surface area is 181 Å². The number of pyridine rings is 1. The summed E-state index contributed by atoms with van der Waals surface area (Å²) in [5.41, 5.74) is 2.14. The van der Waals surface area contributed by atoms with E-state index in [0.29, 0.717) is 11.3 Å². The van der Waals surface area contributed by atoms with Crippen LogP contribution in [0.2, 0.25) is 0 Å². The Balaban J connectivity index is 1.40. The molecule has 1 amide bonds. The van der Waals surface area contributed by atoms with E-state index in [4.69, 9.17) is 4.74 Å². The lowest BCUT2D eigenvalue weighted by Gasteiger charge is -2.12. The van der Waals surface area contributed by atoms with Gasteiger partial charge in [-0.15, -0.1) is 11.3 Å². The third-order valence-corrected chi connectivity index (χ3v) is 5.46. The Morgan fingerprint density at radius 2 is 1.94 bits per heavy atom. The molecule has 2 aromatic carbocycles. The fraction of sp³-hybridized carbons (Fsp3) is 0.0870. The number of carbonyl (C=O) groups is 1. The van der Waals surface area contributed by atoms with Crippen LogP contribution in [0.4, 0.5) is 8.78 Å². The lowest BCUT2D eigenvalue weighted by Crippen LogP contribution is -2.26. The standard InChI is InChI=1S/C23H17F2N3O2S/c1-14(23-28-20(13-31-23)16-3-2-10-26-12-16)27-22(29)15-4-7-18(8-5-15)30-21-9-6-17(24)11-19(21)25/h2-14H,1H3,(H,27,29). The minimum absolute atomic E-state index is 0.0968. The van der Waals surface area contributed by atoms with Crippen molar-refractivity contribution in [3.63, 3.8) is 0 Å². The van der Waals surface area contributed by atoms with Gasteiger partial charge in [-0.25, -0.2) is 13.8 Å². The topological polar surface area (TPSA) is 64.1 Å². The Morgan fingerprint density at radius 1 is 1.13 bits per heavy atom. The van der Waals surface area contributed by atoms with Crippen molar-refractivity contribution < 1.29 is 18.3 Å². The van der Waals surface area contributed by atoms with E-state index in [1.165, 1.54) is 17.4 Å². The third-order valence-electron chi connectivity index (χ3n) is 4.44. The van der Waals surface area contributed by atoms with Crippen molar-refractivity contribution in [1.29, 1.82) is 0 Å². The van der Waals surface area contributed by atoms with Gasteiger partial charge >= 0.3 is 0 Å². The van der Waals surface area contributed by atoms with Crippen LogP contribution in [0.15, 0.2) is 72.4 Å². The molecule has 5 nitrogen and oxygen atoms in total. The zero-order valence-corrected chi connectivity index (χ0v) is 17.2. The highest BCUT2D eigenvalue weighted by Gasteiger charge is 2.16. The van der Waals surface area contributed by atoms with Crippen molar-refractivity contribution in [2.24, 2.45) is 0 Å². The van der Waals surface area contributed by atoms with Gasteiger partial charge in [-0.3, -0.25) is 9.78 Å². The van der Waals surface area contributed by atoms with Crippen molar-refractivity contribution in [3.8, 4) is 22.8 Å². The monoisotopic (exact) mass is 437 g/mol. The maximum absolute atomic E-state index is 13.7. The molecule has 0 fully saturated rings. The molecule has 4 rings (SSSR count). The molecule has 0 aliphatic heterocycles. The number of nitrogens with zero attached hydrogens (tertiary/aromatic N) is 2. The molecule has 0 saturated carbocycles. The van der Waals surface area contributed by atoms with Crippen LogP contribution in [0.5, 0.6) is 11.5 Å². The van der Waals surface area contributed by atoms with Gasteiger partial charge in [0.25, 0.3) is 5.91 Å². The Bertz CT molecular complexity index is 1200. The van der Waals surface area contributed by atoms with Gasteiger partial charge in [0.15, 0.2) is 11.6 Å². The number of hydrogen-bond acceptors (Lipinski definition) is 5. The summed E-state index contributed by atoms with van der Waals surface area (Å²) in [4.78, 5) is 21.3. The first-order valence-electron chi connectivity index (χ1n) is 9.39. The molecule has 1 atom stereocenters. The fourth-order valence-corrected chi connectivity index (χ4v) is 3.67. The molecule has 0 radical (unpaired) electrons. The highest BCUT2D eigenvalue weighted by molar-refractivity contribution is 7.10. The normalized spacial score (nSPS) is 11.7. The van der Waals surface area contributed by atoms with Crippen LogP contribution >= 0.6 is 11.3 Å². The van der Waals surface area contributed by atoms with Crippen LogP contribution in [-0.2, 0) is 0 Å². The molecule has 156 valence electrons. The van der Waals surface area contributed by atoms with Crippen LogP contribution < -0.4 is 10.1 Å². The van der Waals surface area contributed by atoms with E-state index in [9.17, 15) is 13.6 Å². The maximum Gasteiger partial charge on any atom is 0.251 e. The van der Waals surface area contributed by atoms with Gasteiger partial charge in [0.1, 0.15) is 16.6 Å². The second-order valence-electron chi connectivity index (χ2n) is 6.71. The SMILES string of the molecule is CC(NC(=O)c1ccc(Oc2ccc(F)cc2F)cc1)c1nc(-c2cccnc2)cs1. The molecule has 8 heteroatoms. The van der Waals surface area contributed by atoms with E-state index >= 15 is 0 Å². The van der Waals surface area contributed by atoms with Gasteiger partial charge in [0.2, 0.25) is 0 Å². The first-order chi connectivity index (χ1) is 15.0. The summed E-state index contributed by atoms with van der Waals surface area (Å²) in [6.07, 6.45) is 3.44. The number of halogens is 2. The number of amides is 1. The quantitative estimate of drug-likeness (QED) is 0.416. The second-order valence-corrected chi connectivity index (χ2v) is 7.60. The highest BCUT2D eigenvalue weighted by Crippen LogP contribution is 2.27. The number of benzene rings is 2. The first kappa shape index (κ1) is 20.6. The summed E-state index contributed by atoms with van der Waals surface area (Å²) in [6.45, 7) is 1.86. The molecule has 31 heavy (non-hydrogen) atoms. The lowest BCUT2D eigenvalue weighted by atomic mass is 10.2. The molecule has 0 aliphatic rings. The van der Waals surface area contributed by atoms with E-state index in [1.54, 1.807) is 36.7 Å². The molecule has 0 aliphatic carbocycles. The average molecular weight is 437 g/mol. The summed E-state index contributed by atoms with van der Waals surface area (Å²) >= 11 is 1.46. The van der Waals surface area contributed by atoms with E-state index in [2.05, 4.69) is 15.3 Å². The molecular weight excluding hydrogens is 420 g/mol. The van der Waals surface area contributed by atoms with Gasteiger partial charge in [-0.1, -0.05) is 0 Å². The molecule has 2 aromatic heterocycles. The molecule has 1 N–H and O–H groups in total. The number of hydrogen-bond donors (Lipinski definition) is 1. The zero-order valence-electron chi connectivity index (χ0n) is 16.4. The van der Waals surface area contributed by atoms with E-state index in [1.807, 2.05) is 24.4 Å². The van der Waals surface area contributed by atoms with Gasteiger partial charge in [-0.05, 0) is 55.5 Å². The molecular formula is C23H17F2N3O2S. The van der Waals surface area contributed by atoms with Crippen LogP contribution in [-0.4, -0.2) is 15.9 Å². The van der Waals surface area contributed by atoms with Crippen molar-refractivity contribution >= 4 is 17.2 Å². The minimum atomic E-state index is -0.801. The smallest absolute Gasteiger partial charge is 0.251 e. The lowest BCUT2D eigenvalue weighted by molar-refractivity contribution is 0.0940. The largest absolute Gasteiger partial charge is 0.454 e. The fourth-order valence-electron chi connectivity index (χ4n) is 2.83. The highest BCUT2D eigenvalue weighted by atomic mass is 32.1. The van der Waals surface area contributed by atoms with E-state index < -0.39 is 11.6 Å². The number of ether oxygens (including phenoxy) is 1. The first-order valence-corrected chi connectivity index (χ1v) is 10.3. The van der Waals surface area contributed by atoms with Crippen molar-refractivity contribution in [1.82, 2.24) is 15.3 Å². The van der Waals surface area contributed by atoms with Gasteiger partial charge in [0.05, 0.1) is 11.7 Å². The molecule has 0 saturated heterocycles. The molecule has 4 aromatic rings. The van der Waals surface area contributed by atoms with Crippen molar-refractivity contribution in [2.45, 2.75) is 13.0 Å². The van der Waals surface area contributed by atoms with Crippen molar-refractivity contribution in [2.75, 3.05) is 0 Å². The Kier molecular flexibility index (Phi) is 5.99. The second kappa shape index (κ2) is 9.01. The molecule has 1 unspecified atom stereocenters. The molecule has 0 bridgehead atoms. The summed E-state index contributed by atoms with van der Waals surface area (Å²) in [5, 5.41) is 5.62. The Morgan fingerprint density at radius 3 is 2.65 bits per heavy atom. The van der Waals surface area contributed by atoms with E-state index in [-0.39, 0.29) is 17.7 Å². The Hall–Kier alpha value is -3.65. The van der Waals surface area contributed by atoms with Gasteiger partial charge in [0, 0.05) is 35.0 Å². The minimum Gasteiger partial charge on any atom is -0.454 e. The number of aromatic nitrogens is 2. The number of nitrogens with one attached hydrogen (secondary N) is 1. The van der Waals surface area contributed by atoms with Crippen LogP contribution in [0.1, 0.15) is 28.3 Å². The number of thiazole rings is 1. The van der Waals surface area contributed by atoms with Gasteiger partial charge < -0.3 is 10.1 Å². The number of rotatable bonds is 6. The van der Waals surface area contributed by atoms with Crippen LogP contribution in [0.25, 0.3) is 11.3 Å². The van der Waals surface area contributed by atoms with Crippen LogP contribution in [0, 0.1) is 11.6 Å². The predicted octanol–water partition coefficient (Wildman–Crippen LogP) is 5.77. The third kappa shape index (κ3) is 4.92. The molecule has 0 spiro atoms. The summed E-state index contributed by atoms with van der Waals surface area (Å²) < 4.78 is 32.1. The number of carbonyl (C=O) groups excluding carboxylic acids is 1. The van der Waals surface area contributed by atoms with E-state index in [0.717, 1.165) is 28.4 Å². The summed E-state index contributed by atoms with van der Waals surface area (Å²) in [6, 6.07) is 12.8. The summed E-state index contributed by atoms with van der Waals surface area (Å²) in [7, 11) is 0. The molecule has 2 heterocycles. The summed E-state index contributed by atoms with van der Waals surface area (Å²) in [5.74, 6) is -1.52. The van der Waals surface area contributed by atoms with Gasteiger partial charge in [-0.2, -0.15) is 0 Å². The maximum atomic E-state index is 13.7. The zero-order chi connectivity index (χ0) is 21.8. The average Bonchev–Trinajstić information content (AvgIpc) is 3.27. The predicted molar refractivity (Wildman–Crippen MR) is 114 cm³/mol. The van der Waals surface area contributed by atoms with Crippen LogP contribution in [0.3, 0.4) is 0 Å². The van der Waals surface area contributed by atoms with Crippen molar-refractivity contribution in [3.05, 3.63) is 94.6 Å².